The number of carbonyl (C=O) groups excluding carboxylic acids is 12. The second kappa shape index (κ2) is 47.3. The van der Waals surface area contributed by atoms with Crippen LogP contribution in [-0.4, -0.2) is 111 Å². The molecule has 12 heterocycles. The highest BCUT2D eigenvalue weighted by Gasteiger charge is 2.20. The molecule has 578 valence electrons. The predicted molar refractivity (Wildman–Crippen MR) is 409 cm³/mol. The minimum Gasteiger partial charge on any atom is -0.459 e. The molecule has 1 aliphatic rings. The Labute approximate surface area is 634 Å². The van der Waals surface area contributed by atoms with Crippen LogP contribution in [0.4, 0.5) is 0 Å². The van der Waals surface area contributed by atoms with Crippen molar-refractivity contribution in [1.29, 1.82) is 0 Å². The van der Waals surface area contributed by atoms with Gasteiger partial charge in [-0.15, -0.1) is 45.8 Å². The lowest BCUT2D eigenvalue weighted by molar-refractivity contribution is -0.117. The number of aryl methyl sites for hydroxylation is 11. The van der Waals surface area contributed by atoms with Gasteiger partial charge in [-0.2, -0.15) is 0 Å². The van der Waals surface area contributed by atoms with Crippen LogP contribution in [0.1, 0.15) is 187 Å². The van der Waals surface area contributed by atoms with Gasteiger partial charge in [0.05, 0.1) is 27.5 Å². The molecule has 1 atom stereocenters. The number of furan rings is 3. The van der Waals surface area contributed by atoms with Crippen LogP contribution in [0.25, 0.3) is 0 Å². The number of oxazole rings is 1. The Hall–Kier alpha value is -13.1. The van der Waals surface area contributed by atoms with Gasteiger partial charge < -0.3 is 106 Å². The highest BCUT2D eigenvalue weighted by atomic mass is 32.2. The quantitative estimate of drug-likeness (QED) is 0.0587. The summed E-state index contributed by atoms with van der Waals surface area (Å²) in [6.07, 6.45) is 8.69. The number of carbonyl (C=O) groups is 12. The number of nitrogens with zero attached hydrogens (tertiary/aromatic N) is 3. The number of aromatic amines is 4. The van der Waals surface area contributed by atoms with Gasteiger partial charge in [-0.05, 0) is 191 Å². The molecule has 12 rings (SSSR count). The lowest BCUT2D eigenvalue weighted by atomic mass is 10.2. The zero-order valence-corrected chi connectivity index (χ0v) is 64.0. The minimum atomic E-state index is -0.636. The molecule has 0 saturated carbocycles. The number of primary amides is 12. The van der Waals surface area contributed by atoms with Crippen molar-refractivity contribution in [2.75, 3.05) is 0 Å². The van der Waals surface area contributed by atoms with E-state index in [0.717, 1.165) is 49.3 Å². The number of hydrogen-bond acceptors (Lipinski definition) is 23. The average molecular weight is 1570 g/mol. The van der Waals surface area contributed by atoms with E-state index in [2.05, 4.69) is 34.9 Å². The summed E-state index contributed by atoms with van der Waals surface area (Å²) in [5, 5.41) is 2.38. The summed E-state index contributed by atoms with van der Waals surface area (Å²) in [6, 6.07) is 24.0. The van der Waals surface area contributed by atoms with Crippen LogP contribution in [-0.2, 0) is 4.79 Å². The first kappa shape index (κ1) is 92.9. The van der Waals surface area contributed by atoms with Gasteiger partial charge in [0.2, 0.25) is 5.91 Å². The number of imidazole rings is 1. The number of H-pyrrole nitrogens is 4. The molecule has 28 N–H and O–H groups in total. The number of nitrogens with one attached hydrogen (secondary N) is 4. The van der Waals surface area contributed by atoms with Gasteiger partial charge in [0, 0.05) is 50.3 Å². The molecule has 0 aromatic carbocycles. The number of thiazole rings is 1. The second-order valence-corrected chi connectivity index (χ2v) is 26.9. The second-order valence-electron chi connectivity index (χ2n) is 22.0. The van der Waals surface area contributed by atoms with Crippen molar-refractivity contribution in [1.82, 2.24) is 34.9 Å². The van der Waals surface area contributed by atoms with Crippen molar-refractivity contribution < 1.29 is 75.2 Å². The Morgan fingerprint density at radius 1 is 0.398 bits per heavy atom. The zero-order chi connectivity index (χ0) is 82.2. The monoisotopic (exact) mass is 1570 g/mol. The van der Waals surface area contributed by atoms with Crippen molar-refractivity contribution in [3.05, 3.63) is 248 Å². The summed E-state index contributed by atoms with van der Waals surface area (Å²) in [4.78, 5) is 151. The first-order chi connectivity index (χ1) is 50.4. The molecule has 108 heavy (non-hydrogen) atoms. The lowest BCUT2D eigenvalue weighted by Gasteiger charge is -2.00. The fraction of sp³-hybridized carbons (Fsp3) is 0.203. The number of thiophene rings is 2. The molecule has 0 spiro atoms. The average Bonchev–Trinajstić information content (AvgIpc) is 1.96. The van der Waals surface area contributed by atoms with E-state index in [1.807, 2.05) is 72.9 Å². The Bertz CT molecular complexity index is 3840. The molecule has 0 bridgehead atoms. The van der Waals surface area contributed by atoms with Crippen LogP contribution in [0.3, 0.4) is 0 Å². The molecular weight excluding hydrogens is 1480 g/mol. The summed E-state index contributed by atoms with van der Waals surface area (Å²) in [5.74, 6) is -2.50. The van der Waals surface area contributed by atoms with Gasteiger partial charge in [0.15, 0.2) is 28.1 Å². The van der Waals surface area contributed by atoms with Crippen LogP contribution < -0.4 is 68.8 Å². The van der Waals surface area contributed by atoms with Crippen LogP contribution in [0.15, 0.2) is 145 Å². The van der Waals surface area contributed by atoms with E-state index in [4.69, 9.17) is 86.5 Å². The third-order valence-electron chi connectivity index (χ3n) is 12.1. The van der Waals surface area contributed by atoms with Gasteiger partial charge in [-0.3, -0.25) is 57.5 Å². The number of rotatable bonds is 12. The van der Waals surface area contributed by atoms with Crippen molar-refractivity contribution in [3.63, 3.8) is 0 Å². The van der Waals surface area contributed by atoms with Crippen LogP contribution in [0.2, 0.25) is 0 Å². The molecule has 1 unspecified atom stereocenters. The van der Waals surface area contributed by atoms with E-state index in [-0.39, 0.29) is 52.0 Å². The summed E-state index contributed by atoms with van der Waals surface area (Å²) in [5.41, 5.74) is 66.6. The fourth-order valence-corrected chi connectivity index (χ4v) is 10.0. The molecule has 0 fully saturated rings. The summed E-state index contributed by atoms with van der Waals surface area (Å²) < 4.78 is 19.3. The van der Waals surface area contributed by atoms with E-state index >= 15 is 0 Å². The largest absolute Gasteiger partial charge is 0.459 e. The zero-order valence-electron chi connectivity index (χ0n) is 60.8. The molecule has 11 aromatic rings. The summed E-state index contributed by atoms with van der Waals surface area (Å²) in [7, 11) is 0. The van der Waals surface area contributed by atoms with Crippen molar-refractivity contribution in [3.8, 4) is 0 Å². The number of nitrogens with two attached hydrogens (primary N) is 12. The van der Waals surface area contributed by atoms with Crippen molar-refractivity contribution in [2.45, 2.75) is 94.8 Å². The smallest absolute Gasteiger partial charge is 0.304 e. The van der Waals surface area contributed by atoms with Crippen LogP contribution >= 0.6 is 45.8 Å². The van der Waals surface area contributed by atoms with Gasteiger partial charge in [-0.1, -0.05) is 5.57 Å². The Morgan fingerprint density at radius 2 is 0.880 bits per heavy atom. The molecule has 39 heteroatoms. The van der Waals surface area contributed by atoms with Gasteiger partial charge in [0.25, 0.3) is 65.0 Å². The van der Waals surface area contributed by atoms with E-state index in [0.29, 0.717) is 49.1 Å². The number of aromatic nitrogens is 7. The first-order valence-electron chi connectivity index (χ1n) is 30.9. The molecule has 0 saturated heterocycles. The van der Waals surface area contributed by atoms with Gasteiger partial charge >= 0.3 is 5.91 Å². The number of thioether (sulfide) groups is 1. The topological polar surface area (TPSA) is 671 Å². The SMILES string of the molecule is CC1=CSC(C(N)=O)C1.Cc1c[nH]c(C(N)=O)c1.Cc1ccc(C(N)=O)[nH]1.Cc1ccc(C(N)=O)[nH]1.Cc1ccc(C(N)=O)o1.Cc1ccc(C(N)=O)o1.Cc1ccc(C(N)=O)s1.Cc1ccc(C(N)=O)s1.Cc1cnc(C(N)=O)[nH]1.Cc1cnc(C(N)=O)o1.Cc1cnc(C(N)=O)s1.Cc1coc(C(N)=O)c1. The maximum Gasteiger partial charge on any atom is 0.304 e. The third kappa shape index (κ3) is 38.4. The Morgan fingerprint density at radius 3 is 1.05 bits per heavy atom. The van der Waals surface area contributed by atoms with Gasteiger partial charge in [0.1, 0.15) is 34.4 Å². The van der Waals surface area contributed by atoms with Gasteiger partial charge in [-0.25, -0.2) is 15.0 Å². The highest BCUT2D eigenvalue weighted by molar-refractivity contribution is 8.03. The van der Waals surface area contributed by atoms with Crippen molar-refractivity contribution >= 4 is 117 Å². The summed E-state index contributed by atoms with van der Waals surface area (Å²) in [6.45, 7) is 22.2. The predicted octanol–water partition coefficient (Wildman–Crippen LogP) is 6.97. The number of hydrogen-bond donors (Lipinski definition) is 16. The maximum atomic E-state index is 10.5. The van der Waals surface area contributed by atoms with E-state index in [9.17, 15) is 57.5 Å². The van der Waals surface area contributed by atoms with Crippen LogP contribution in [0.5, 0.6) is 0 Å². The third-order valence-corrected chi connectivity index (χ3v) is 16.3. The van der Waals surface area contributed by atoms with E-state index < -0.39 is 53.2 Å². The summed E-state index contributed by atoms with van der Waals surface area (Å²) >= 11 is 5.67. The maximum absolute atomic E-state index is 10.5. The fourth-order valence-electron chi connectivity index (χ4n) is 7.00. The van der Waals surface area contributed by atoms with Crippen LogP contribution in [0, 0.1) is 76.2 Å². The minimum absolute atomic E-state index is 0.00463. The number of allylic oxidation sites excluding steroid dienone is 1. The first-order valence-corrected chi connectivity index (χ1v) is 34.3. The molecule has 1 aliphatic heterocycles. The van der Waals surface area contributed by atoms with E-state index in [1.165, 1.54) is 63.8 Å². The lowest BCUT2D eigenvalue weighted by Crippen LogP contribution is -2.23. The molecule has 0 aliphatic carbocycles. The highest BCUT2D eigenvalue weighted by Crippen LogP contribution is 2.29. The molecule has 11 aromatic heterocycles. The molecule has 12 amide bonds. The Balaban J connectivity index is 0.000000589. The standard InChI is InChI=1S/3C6H8N2O.3C6H7NO2.C6H9NOS.2C6H7NOS.C5H7N3O.C5H6N2O2.C5H6N2OS/c1-4-2-5(6(7)9)8-3-4;2*1-4-2-3-5(8-4)6(7)9;1-4-2-5(6(7)8)9-3-4;2*1-4-2-3-5(9-4)6(7)8;1-4-2-5(6(7)8)9-3-4;2*1-4-2-3-5(9-4)6(7)8;1-3-2-7-5(8-3)4(6)9;2*1-3-2-7-5(9-3)4(6)8/h3*2-3,8H,1H3,(H2,7,9);3*2-3H,1H3,(H2,7,8);3,5H,2H2,1H3,(H2,7,8);2*2-3H,1H3,(H2,7,8);2H,1H3,(H2,6,9)(H,7,8);2*2H,1H3,(H2,6,8). The van der Waals surface area contributed by atoms with E-state index in [1.54, 1.807) is 119 Å². The molecule has 35 nitrogen and oxygen atoms in total. The van der Waals surface area contributed by atoms with Crippen molar-refractivity contribution in [2.24, 2.45) is 68.8 Å². The Kier molecular flexibility index (Phi) is 40.6. The normalized spacial score (nSPS) is 10.8. The molecular formula is C69H87N19O16S4. The molecule has 0 radical (unpaired) electrons. The number of amides is 12.